The first-order valence-electron chi connectivity index (χ1n) is 28.4. The summed E-state index contributed by atoms with van der Waals surface area (Å²) in [6, 6.07) is 2.07. The van der Waals surface area contributed by atoms with Crippen molar-refractivity contribution < 1.29 is 52.4 Å². The maximum atomic E-state index is 15.6. The van der Waals surface area contributed by atoms with E-state index in [9.17, 15) is 14.4 Å². The van der Waals surface area contributed by atoms with Gasteiger partial charge in [0.05, 0.1) is 54.2 Å². The molecule has 1 spiro atoms. The van der Waals surface area contributed by atoms with Crippen LogP contribution in [0.4, 0.5) is 0 Å². The minimum atomic E-state index is -1.89. The number of hydrogen-bond donors (Lipinski definition) is 0. The quantitative estimate of drug-likeness (QED) is 0.163. The molecule has 6 aliphatic heterocycles. The van der Waals surface area contributed by atoms with Crippen LogP contribution in [0.5, 0.6) is 11.5 Å². The number of methoxy groups -OCH3 is 3. The Morgan fingerprint density at radius 3 is 2.14 bits per heavy atom. The van der Waals surface area contributed by atoms with Gasteiger partial charge in [-0.3, -0.25) is 33.6 Å². The molecule has 0 N–H and O–H groups in total. The SMILES string of the molecule is CC[C@H]1/C=C/O[C@@]2(C)Oc3c(C)c(OC)c4c(c3C2=O)C2=NC3(CCN(CC(C)C)CC3)N(C)C2=C(C4=O)N(C)C(=O)/C(C)=C\C=C\[C@H](C)[C@H](OC)[C@@H](C)[C@@H](OC)[C@@H](C)[C@H](OC(=O)CC(=O)N2CCC(n3cccn3)CC2)[C@@H]1C. The van der Waals surface area contributed by atoms with E-state index in [-0.39, 0.29) is 63.9 Å². The number of ketones is 2. The summed E-state index contributed by atoms with van der Waals surface area (Å²) in [5.41, 5.74) is 1.59. The molecule has 1 aliphatic carbocycles. The number of Topliss-reactive ketones (excluding diaryl/α,β-unsaturated/α-hetero) is 2. The standard InChI is InChI=1S/C61H85N7O11/c1-16-42-23-32-77-60(10)58(72)48-46-47(56(76-15)41(9)57(48)79-60)52(71)51(50-49(46)63-61(65(50)12)24-30-66(31-25-61)34-35(2)3)64(11)59(73)37(5)20-17-19-36(4)53(74-13)39(7)54(75-14)40(8)55(38(42)6)78-45(70)33-44(69)67-28-21-43(22-29-67)68-27-18-26-62-68/h17-20,23,26-27,32,35-36,38-40,42-43,53-55H,16,21-22,24-25,28-31,33-34H2,1-15H3/b19-17+,32-23+,37-20-/t36-,38+,39+,40+,42-,53-,54+,55+,60-/m0/s1. The third kappa shape index (κ3) is 11.1. The van der Waals surface area contributed by atoms with Gasteiger partial charge in [-0.1, -0.05) is 66.7 Å². The van der Waals surface area contributed by atoms with Gasteiger partial charge in [0.15, 0.2) is 0 Å². The van der Waals surface area contributed by atoms with Crippen LogP contribution in [0.2, 0.25) is 0 Å². The zero-order valence-corrected chi connectivity index (χ0v) is 49.3. The third-order valence-corrected chi connectivity index (χ3v) is 17.9. The third-order valence-electron chi connectivity index (χ3n) is 17.9. The summed E-state index contributed by atoms with van der Waals surface area (Å²) in [6.07, 6.45) is 13.8. The number of nitrogens with zero attached hydrogens (tertiary/aromatic N) is 7. The molecule has 430 valence electrons. The Morgan fingerprint density at radius 1 is 0.861 bits per heavy atom. The second-order valence-corrected chi connectivity index (χ2v) is 23.4. The molecule has 0 saturated carbocycles. The number of piperidine rings is 2. The number of amides is 2. The number of fused-ring (bicyclic) bond motifs is 13. The number of esters is 1. The van der Waals surface area contributed by atoms with Gasteiger partial charge in [-0.05, 0) is 63.0 Å². The number of benzene rings is 1. The van der Waals surface area contributed by atoms with Crippen LogP contribution >= 0.6 is 0 Å². The Kier molecular flexibility index (Phi) is 17.9. The number of hydrogen-bond acceptors (Lipinski definition) is 15. The first kappa shape index (κ1) is 59.0. The Labute approximate surface area is 467 Å². The van der Waals surface area contributed by atoms with E-state index in [1.165, 1.54) is 18.3 Å². The highest BCUT2D eigenvalue weighted by Crippen LogP contribution is 2.53. The second kappa shape index (κ2) is 23.9. The molecule has 2 fully saturated rings. The van der Waals surface area contributed by atoms with E-state index in [0.29, 0.717) is 66.4 Å². The van der Waals surface area contributed by atoms with Crippen LogP contribution in [0, 0.1) is 42.4 Å². The number of carbonyl (C=O) groups is 5. The zero-order chi connectivity index (χ0) is 57.4. The molecule has 18 heteroatoms. The van der Waals surface area contributed by atoms with Crippen molar-refractivity contribution in [3.63, 3.8) is 0 Å². The van der Waals surface area contributed by atoms with Crippen LogP contribution < -0.4 is 9.47 Å². The molecule has 18 nitrogen and oxygen atoms in total. The number of rotatable bonds is 10. The normalized spacial score (nSPS) is 30.5. The van der Waals surface area contributed by atoms with Crippen molar-refractivity contribution in [3.8, 4) is 11.5 Å². The number of likely N-dealkylation sites (tertiary alicyclic amines) is 2. The van der Waals surface area contributed by atoms with E-state index in [1.807, 2.05) is 81.7 Å². The number of allylic oxidation sites excluding steroid dienone is 5. The lowest BCUT2D eigenvalue weighted by molar-refractivity contribution is -0.165. The molecule has 9 rings (SSSR count). The molecule has 79 heavy (non-hydrogen) atoms. The van der Waals surface area contributed by atoms with Crippen LogP contribution in [-0.2, 0) is 33.3 Å². The smallest absolute Gasteiger partial charge is 0.315 e. The molecule has 0 radical (unpaired) electrons. The molecule has 9 atom stereocenters. The molecule has 5 bridgehead atoms. The van der Waals surface area contributed by atoms with E-state index in [0.717, 1.165) is 32.5 Å². The maximum absolute atomic E-state index is 15.6. The molecular formula is C61H85N7O11. The van der Waals surface area contributed by atoms with Crippen LogP contribution in [0.3, 0.4) is 0 Å². The van der Waals surface area contributed by atoms with Gasteiger partial charge in [-0.2, -0.15) is 5.10 Å². The highest BCUT2D eigenvalue weighted by molar-refractivity contribution is 6.34. The van der Waals surface area contributed by atoms with E-state index < -0.39 is 65.5 Å². The molecule has 2 amide bonds. The van der Waals surface area contributed by atoms with E-state index in [4.69, 9.17) is 33.4 Å². The average molecular weight is 1090 g/mol. The largest absolute Gasteiger partial charge is 0.496 e. The number of likely N-dealkylation sites (N-methyl/N-ethyl adjacent to an activating group) is 2. The molecule has 2 aromatic rings. The molecule has 7 aliphatic rings. The van der Waals surface area contributed by atoms with Crippen LogP contribution in [0.25, 0.3) is 0 Å². The van der Waals surface area contributed by atoms with Crippen molar-refractivity contribution >= 4 is 35.1 Å². The molecule has 7 heterocycles. The highest BCUT2D eigenvalue weighted by Gasteiger charge is 2.56. The molecule has 2 saturated heterocycles. The lowest BCUT2D eigenvalue weighted by atomic mass is 9.75. The van der Waals surface area contributed by atoms with Gasteiger partial charge in [0.25, 0.3) is 11.7 Å². The van der Waals surface area contributed by atoms with Gasteiger partial charge in [-0.25, -0.2) is 0 Å². The second-order valence-electron chi connectivity index (χ2n) is 23.4. The highest BCUT2D eigenvalue weighted by atomic mass is 16.7. The first-order valence-corrected chi connectivity index (χ1v) is 28.4. The van der Waals surface area contributed by atoms with Crippen LogP contribution in [-0.4, -0.2) is 162 Å². The predicted molar refractivity (Wildman–Crippen MR) is 299 cm³/mol. The van der Waals surface area contributed by atoms with Gasteiger partial charge < -0.3 is 48.0 Å². The summed E-state index contributed by atoms with van der Waals surface area (Å²) < 4.78 is 40.2. The number of carbonyl (C=O) groups excluding carboxylic acids is 5. The van der Waals surface area contributed by atoms with Gasteiger partial charge >= 0.3 is 11.8 Å². The Hall–Kier alpha value is -6.11. The van der Waals surface area contributed by atoms with E-state index in [2.05, 4.69) is 23.8 Å². The number of ether oxygens (including phenoxy) is 6. The summed E-state index contributed by atoms with van der Waals surface area (Å²) in [7, 11) is 8.30. The molecule has 0 unspecified atom stereocenters. The lowest BCUT2D eigenvalue weighted by Gasteiger charge is -2.43. The van der Waals surface area contributed by atoms with Gasteiger partial charge in [0.1, 0.15) is 35.4 Å². The Morgan fingerprint density at radius 2 is 1.53 bits per heavy atom. The maximum Gasteiger partial charge on any atom is 0.315 e. The van der Waals surface area contributed by atoms with Crippen molar-refractivity contribution in [2.75, 3.05) is 68.1 Å². The minimum Gasteiger partial charge on any atom is -0.496 e. The average Bonchev–Trinajstić information content (AvgIpc) is 4.32. The van der Waals surface area contributed by atoms with Crippen molar-refractivity contribution in [1.29, 1.82) is 0 Å². The Bertz CT molecular complexity index is 2800. The van der Waals surface area contributed by atoms with Gasteiger partial charge in [0.2, 0.25) is 11.7 Å². The van der Waals surface area contributed by atoms with Crippen molar-refractivity contribution in [2.24, 2.45) is 40.5 Å². The summed E-state index contributed by atoms with van der Waals surface area (Å²) in [6.45, 7) is 23.0. The van der Waals surface area contributed by atoms with Crippen LogP contribution in [0.15, 0.2) is 71.0 Å². The zero-order valence-electron chi connectivity index (χ0n) is 49.3. The molecule has 1 aromatic carbocycles. The summed E-state index contributed by atoms with van der Waals surface area (Å²) in [4.78, 5) is 86.8. The van der Waals surface area contributed by atoms with E-state index in [1.54, 1.807) is 59.2 Å². The summed E-state index contributed by atoms with van der Waals surface area (Å²) in [5, 5.41) is 4.39. The van der Waals surface area contributed by atoms with Crippen molar-refractivity contribution in [1.82, 2.24) is 29.4 Å². The first-order chi connectivity index (χ1) is 37.6. The summed E-state index contributed by atoms with van der Waals surface area (Å²) in [5.74, 6) is -4.84. The van der Waals surface area contributed by atoms with Crippen LogP contribution in [0.1, 0.15) is 139 Å². The number of aliphatic imine (C=N–C) groups is 1. The fourth-order valence-corrected chi connectivity index (χ4v) is 13.5. The number of aromatic nitrogens is 2. The van der Waals surface area contributed by atoms with Gasteiger partial charge in [-0.15, -0.1) is 0 Å². The molecule has 1 aromatic heterocycles. The lowest BCUT2D eigenvalue weighted by Crippen LogP contribution is -2.51. The Balaban J connectivity index is 1.19. The monoisotopic (exact) mass is 1090 g/mol. The van der Waals surface area contributed by atoms with Crippen molar-refractivity contribution in [3.05, 3.63) is 88.2 Å². The minimum absolute atomic E-state index is 0.125. The van der Waals surface area contributed by atoms with E-state index >= 15 is 9.59 Å². The summed E-state index contributed by atoms with van der Waals surface area (Å²) >= 11 is 0. The predicted octanol–water partition coefficient (Wildman–Crippen LogP) is 8.35. The fraction of sp³-hybridized carbons (Fsp3) is 0.623. The van der Waals surface area contributed by atoms with Gasteiger partial charge in [0, 0.05) is 128 Å². The molecular weight excluding hydrogens is 1010 g/mol. The topological polar surface area (TPSA) is 184 Å². The van der Waals surface area contributed by atoms with Crippen molar-refractivity contribution in [2.45, 2.75) is 144 Å². The fourth-order valence-electron chi connectivity index (χ4n) is 13.5.